The van der Waals surface area contributed by atoms with Gasteiger partial charge in [-0.05, 0) is 37.1 Å². The number of pyridine rings is 1. The molecule has 0 atom stereocenters. The van der Waals surface area contributed by atoms with Crippen LogP contribution in [-0.2, 0) is 6.54 Å². The van der Waals surface area contributed by atoms with Crippen LogP contribution in [0.5, 0.6) is 0 Å². The molecule has 4 nitrogen and oxygen atoms in total. The van der Waals surface area contributed by atoms with Crippen LogP contribution in [-0.4, -0.2) is 21.3 Å². The minimum atomic E-state index is 0.786. The van der Waals surface area contributed by atoms with Crippen molar-refractivity contribution in [2.24, 2.45) is 0 Å². The molecule has 0 unspecified atom stereocenters. The number of anilines is 1. The summed E-state index contributed by atoms with van der Waals surface area (Å²) in [6, 6.07) is 4.07. The molecule has 1 N–H and O–H groups in total. The number of aromatic nitrogens is 3. The Balaban J connectivity index is 2.12. The molecule has 84 valence electrons. The minimum Gasteiger partial charge on any atom is -0.370 e. The molecule has 0 saturated carbocycles. The van der Waals surface area contributed by atoms with Crippen LogP contribution in [0, 0.1) is 6.92 Å². The molecule has 0 radical (unpaired) electrons. The second-order valence-electron chi connectivity index (χ2n) is 3.79. The summed E-state index contributed by atoms with van der Waals surface area (Å²) < 4.78 is 1.93. The van der Waals surface area contributed by atoms with Crippen molar-refractivity contribution >= 4 is 5.82 Å². The van der Waals surface area contributed by atoms with Gasteiger partial charge in [0.25, 0.3) is 0 Å². The lowest BCUT2D eigenvalue weighted by atomic mass is 10.2. The predicted molar refractivity (Wildman–Crippen MR) is 64.5 cm³/mol. The molecule has 0 amide bonds. The monoisotopic (exact) mass is 216 g/mol. The molecular weight excluding hydrogens is 200 g/mol. The van der Waals surface area contributed by atoms with E-state index in [-0.39, 0.29) is 0 Å². The van der Waals surface area contributed by atoms with Gasteiger partial charge in [0.1, 0.15) is 5.82 Å². The van der Waals surface area contributed by atoms with E-state index in [0.29, 0.717) is 0 Å². The summed E-state index contributed by atoms with van der Waals surface area (Å²) in [6.07, 6.45) is 5.73. The van der Waals surface area contributed by atoms with Gasteiger partial charge < -0.3 is 5.32 Å². The van der Waals surface area contributed by atoms with Crippen LogP contribution >= 0.6 is 0 Å². The second kappa shape index (κ2) is 4.79. The average molecular weight is 216 g/mol. The smallest absolute Gasteiger partial charge is 0.126 e. The highest BCUT2D eigenvalue weighted by molar-refractivity contribution is 5.37. The van der Waals surface area contributed by atoms with Crippen LogP contribution in [0.15, 0.2) is 30.7 Å². The first kappa shape index (κ1) is 10.7. The van der Waals surface area contributed by atoms with E-state index in [2.05, 4.69) is 28.4 Å². The molecule has 0 spiro atoms. The Labute approximate surface area is 95.3 Å². The third kappa shape index (κ3) is 2.59. The standard InChI is InChI=1S/C12H16N4/c1-3-13-12-6-11(4-5-14-12)9-16-8-10(2)7-15-16/h4-8H,3,9H2,1-2H3,(H,13,14). The van der Waals surface area contributed by atoms with Crippen molar-refractivity contribution in [3.63, 3.8) is 0 Å². The van der Waals surface area contributed by atoms with Crippen molar-refractivity contribution in [3.05, 3.63) is 41.9 Å². The van der Waals surface area contributed by atoms with E-state index >= 15 is 0 Å². The van der Waals surface area contributed by atoms with Crippen molar-refractivity contribution in [2.75, 3.05) is 11.9 Å². The van der Waals surface area contributed by atoms with Crippen molar-refractivity contribution in [1.29, 1.82) is 0 Å². The summed E-state index contributed by atoms with van der Waals surface area (Å²) in [5, 5.41) is 7.46. The third-order valence-corrected chi connectivity index (χ3v) is 2.29. The van der Waals surface area contributed by atoms with E-state index in [4.69, 9.17) is 0 Å². The van der Waals surface area contributed by atoms with E-state index in [1.54, 1.807) is 0 Å². The molecule has 0 fully saturated rings. The van der Waals surface area contributed by atoms with Gasteiger partial charge in [-0.2, -0.15) is 5.10 Å². The Kier molecular flexibility index (Phi) is 3.19. The zero-order chi connectivity index (χ0) is 11.4. The number of aryl methyl sites for hydroxylation is 1. The van der Waals surface area contributed by atoms with Crippen LogP contribution in [0.3, 0.4) is 0 Å². The highest BCUT2D eigenvalue weighted by Crippen LogP contribution is 2.08. The molecule has 4 heteroatoms. The maximum atomic E-state index is 4.26. The van der Waals surface area contributed by atoms with Gasteiger partial charge in [0.05, 0.1) is 12.7 Å². The van der Waals surface area contributed by atoms with Gasteiger partial charge in [0.15, 0.2) is 0 Å². The van der Waals surface area contributed by atoms with Crippen LogP contribution in [0.2, 0.25) is 0 Å². The fraction of sp³-hybridized carbons (Fsp3) is 0.333. The summed E-state index contributed by atoms with van der Waals surface area (Å²) >= 11 is 0. The number of hydrogen-bond donors (Lipinski definition) is 1. The molecule has 2 rings (SSSR count). The number of hydrogen-bond acceptors (Lipinski definition) is 3. The third-order valence-electron chi connectivity index (χ3n) is 2.29. The number of nitrogens with zero attached hydrogens (tertiary/aromatic N) is 3. The van der Waals surface area contributed by atoms with Crippen molar-refractivity contribution in [2.45, 2.75) is 20.4 Å². The molecule has 2 aromatic rings. The molecule has 0 aromatic carbocycles. The fourth-order valence-corrected chi connectivity index (χ4v) is 1.59. The largest absolute Gasteiger partial charge is 0.370 e. The molecule has 0 aliphatic heterocycles. The predicted octanol–water partition coefficient (Wildman–Crippen LogP) is 2.07. The first-order valence-corrected chi connectivity index (χ1v) is 5.46. The molecule has 0 aliphatic rings. The normalized spacial score (nSPS) is 10.4. The van der Waals surface area contributed by atoms with Gasteiger partial charge in [-0.3, -0.25) is 4.68 Å². The van der Waals surface area contributed by atoms with Crippen LogP contribution in [0.25, 0.3) is 0 Å². The molecule has 0 saturated heterocycles. The van der Waals surface area contributed by atoms with Gasteiger partial charge in [-0.1, -0.05) is 0 Å². The highest BCUT2D eigenvalue weighted by atomic mass is 15.3. The summed E-state index contributed by atoms with van der Waals surface area (Å²) in [5.74, 6) is 0.920. The van der Waals surface area contributed by atoms with Crippen LogP contribution < -0.4 is 5.32 Å². The minimum absolute atomic E-state index is 0.786. The van der Waals surface area contributed by atoms with Gasteiger partial charge >= 0.3 is 0 Å². The van der Waals surface area contributed by atoms with E-state index in [1.165, 1.54) is 11.1 Å². The fourth-order valence-electron chi connectivity index (χ4n) is 1.59. The second-order valence-corrected chi connectivity index (χ2v) is 3.79. The maximum Gasteiger partial charge on any atom is 0.126 e. The lowest BCUT2D eigenvalue weighted by Crippen LogP contribution is -2.03. The summed E-state index contributed by atoms with van der Waals surface area (Å²) in [7, 11) is 0. The molecular formula is C12H16N4. The Bertz CT molecular complexity index is 462. The van der Waals surface area contributed by atoms with E-state index in [9.17, 15) is 0 Å². The van der Waals surface area contributed by atoms with E-state index < -0.39 is 0 Å². The lowest BCUT2D eigenvalue weighted by molar-refractivity contribution is 0.686. The molecule has 2 aromatic heterocycles. The van der Waals surface area contributed by atoms with Crippen LogP contribution in [0.4, 0.5) is 5.82 Å². The Morgan fingerprint density at radius 2 is 2.31 bits per heavy atom. The van der Waals surface area contributed by atoms with Crippen molar-refractivity contribution in [1.82, 2.24) is 14.8 Å². The summed E-state index contributed by atoms with van der Waals surface area (Å²) in [4.78, 5) is 4.24. The highest BCUT2D eigenvalue weighted by Gasteiger charge is 1.99. The zero-order valence-corrected chi connectivity index (χ0v) is 9.64. The Morgan fingerprint density at radius 1 is 1.44 bits per heavy atom. The lowest BCUT2D eigenvalue weighted by Gasteiger charge is -2.05. The molecule has 2 heterocycles. The van der Waals surface area contributed by atoms with Gasteiger partial charge in [0.2, 0.25) is 0 Å². The van der Waals surface area contributed by atoms with Crippen molar-refractivity contribution < 1.29 is 0 Å². The first-order valence-electron chi connectivity index (χ1n) is 5.46. The average Bonchev–Trinajstić information content (AvgIpc) is 2.65. The van der Waals surface area contributed by atoms with Gasteiger partial charge in [0, 0.05) is 18.9 Å². The SMILES string of the molecule is CCNc1cc(Cn2cc(C)cn2)ccn1. The Morgan fingerprint density at radius 3 is 3.00 bits per heavy atom. The Hall–Kier alpha value is -1.84. The van der Waals surface area contributed by atoms with Crippen LogP contribution in [0.1, 0.15) is 18.1 Å². The number of nitrogens with one attached hydrogen (secondary N) is 1. The zero-order valence-electron chi connectivity index (χ0n) is 9.64. The maximum absolute atomic E-state index is 4.26. The summed E-state index contributed by atoms with van der Waals surface area (Å²) in [6.45, 7) is 5.78. The molecule has 0 aliphatic carbocycles. The quantitative estimate of drug-likeness (QED) is 0.850. The van der Waals surface area contributed by atoms with E-state index in [1.807, 2.05) is 36.3 Å². The van der Waals surface area contributed by atoms with Gasteiger partial charge in [-0.25, -0.2) is 4.98 Å². The van der Waals surface area contributed by atoms with E-state index in [0.717, 1.165) is 18.9 Å². The summed E-state index contributed by atoms with van der Waals surface area (Å²) in [5.41, 5.74) is 2.38. The number of rotatable bonds is 4. The topological polar surface area (TPSA) is 42.7 Å². The van der Waals surface area contributed by atoms with Gasteiger partial charge in [-0.15, -0.1) is 0 Å². The van der Waals surface area contributed by atoms with Crippen molar-refractivity contribution in [3.8, 4) is 0 Å². The molecule has 0 bridgehead atoms. The molecule has 16 heavy (non-hydrogen) atoms. The first-order chi connectivity index (χ1) is 7.78.